The van der Waals surface area contributed by atoms with Crippen molar-refractivity contribution in [3.05, 3.63) is 22.7 Å². The molecule has 0 fully saturated rings. The first-order valence-corrected chi connectivity index (χ1v) is 5.84. The summed E-state index contributed by atoms with van der Waals surface area (Å²) in [6.45, 7) is 0.968. The van der Waals surface area contributed by atoms with E-state index in [4.69, 9.17) is 4.52 Å². The van der Waals surface area contributed by atoms with E-state index in [9.17, 15) is 0 Å². The first-order chi connectivity index (χ1) is 7.40. The molecule has 0 aliphatic heterocycles. The van der Waals surface area contributed by atoms with E-state index >= 15 is 0 Å². The summed E-state index contributed by atoms with van der Waals surface area (Å²) in [5.41, 5.74) is 1.03. The lowest BCUT2D eigenvalue weighted by atomic mass is 10.3. The molecule has 80 valence electrons. The summed E-state index contributed by atoms with van der Waals surface area (Å²) in [4.78, 5) is 4.33. The van der Waals surface area contributed by atoms with Crippen LogP contribution in [-0.2, 0) is 6.42 Å². The molecule has 2 aromatic rings. The lowest BCUT2D eigenvalue weighted by Gasteiger charge is -1.93. The summed E-state index contributed by atoms with van der Waals surface area (Å²) in [5, 5.41) is 11.0. The van der Waals surface area contributed by atoms with Gasteiger partial charge in [-0.25, -0.2) is 0 Å². The summed E-state index contributed by atoms with van der Waals surface area (Å²) in [7, 11) is 1.94. The second kappa shape index (κ2) is 5.04. The molecular weight excluding hydrogens is 210 g/mol. The quantitative estimate of drug-likeness (QED) is 0.787. The highest BCUT2D eigenvalue weighted by atomic mass is 32.1. The largest absolute Gasteiger partial charge is 0.339 e. The van der Waals surface area contributed by atoms with Crippen molar-refractivity contribution in [2.24, 2.45) is 0 Å². The van der Waals surface area contributed by atoms with Gasteiger partial charge in [0.25, 0.3) is 0 Å². The van der Waals surface area contributed by atoms with Gasteiger partial charge in [-0.1, -0.05) is 5.16 Å². The van der Waals surface area contributed by atoms with E-state index in [2.05, 4.69) is 15.5 Å². The molecule has 2 heterocycles. The van der Waals surface area contributed by atoms with Gasteiger partial charge in [-0.3, -0.25) is 0 Å². The second-order valence-corrected chi connectivity index (χ2v) is 4.01. The second-order valence-electron chi connectivity index (χ2n) is 3.23. The standard InChI is InChI=1S/C10H13N3OS/c1-11-5-2-3-9-12-10(13-14-9)8-4-6-15-7-8/h4,6-7,11H,2-3,5H2,1H3. The predicted octanol–water partition coefficient (Wildman–Crippen LogP) is 1.95. The van der Waals surface area contributed by atoms with Crippen LogP contribution in [0.15, 0.2) is 21.3 Å². The van der Waals surface area contributed by atoms with Gasteiger partial charge in [0.2, 0.25) is 11.7 Å². The Kier molecular flexibility index (Phi) is 3.47. The van der Waals surface area contributed by atoms with E-state index in [1.165, 1.54) is 0 Å². The van der Waals surface area contributed by atoms with E-state index < -0.39 is 0 Å². The SMILES string of the molecule is CNCCCc1nc(-c2ccsc2)no1. The molecular formula is C10H13N3OS. The van der Waals surface area contributed by atoms with E-state index in [1.807, 2.05) is 23.9 Å². The van der Waals surface area contributed by atoms with Crippen LogP contribution in [0.2, 0.25) is 0 Å². The van der Waals surface area contributed by atoms with Crippen LogP contribution < -0.4 is 5.32 Å². The zero-order valence-corrected chi connectivity index (χ0v) is 9.38. The van der Waals surface area contributed by atoms with Gasteiger partial charge in [0, 0.05) is 17.4 Å². The Bertz CT molecular complexity index is 396. The van der Waals surface area contributed by atoms with Crippen molar-refractivity contribution in [3.8, 4) is 11.4 Å². The van der Waals surface area contributed by atoms with Crippen LogP contribution in [-0.4, -0.2) is 23.7 Å². The van der Waals surface area contributed by atoms with E-state index in [0.29, 0.717) is 11.7 Å². The molecule has 0 bridgehead atoms. The molecule has 0 saturated heterocycles. The molecule has 0 spiro atoms. The molecule has 2 rings (SSSR count). The highest BCUT2D eigenvalue weighted by molar-refractivity contribution is 7.08. The van der Waals surface area contributed by atoms with Gasteiger partial charge < -0.3 is 9.84 Å². The summed E-state index contributed by atoms with van der Waals surface area (Å²) >= 11 is 1.63. The molecule has 0 saturated carbocycles. The Morgan fingerprint density at radius 3 is 3.20 bits per heavy atom. The summed E-state index contributed by atoms with van der Waals surface area (Å²) in [5.74, 6) is 1.40. The number of hydrogen-bond donors (Lipinski definition) is 1. The highest BCUT2D eigenvalue weighted by Crippen LogP contribution is 2.18. The Hall–Kier alpha value is -1.20. The fourth-order valence-corrected chi connectivity index (χ4v) is 1.92. The number of rotatable bonds is 5. The minimum absolute atomic E-state index is 0.690. The van der Waals surface area contributed by atoms with Crippen LogP contribution in [0.25, 0.3) is 11.4 Å². The van der Waals surface area contributed by atoms with Crippen LogP contribution >= 0.6 is 11.3 Å². The number of hydrogen-bond acceptors (Lipinski definition) is 5. The average molecular weight is 223 g/mol. The average Bonchev–Trinajstić information content (AvgIpc) is 2.87. The first-order valence-electron chi connectivity index (χ1n) is 4.90. The van der Waals surface area contributed by atoms with E-state index in [1.54, 1.807) is 11.3 Å². The lowest BCUT2D eigenvalue weighted by Crippen LogP contribution is -2.08. The summed E-state index contributed by atoms with van der Waals surface area (Å²) in [6.07, 6.45) is 1.85. The van der Waals surface area contributed by atoms with Crippen molar-refractivity contribution in [1.82, 2.24) is 15.5 Å². The van der Waals surface area contributed by atoms with Crippen molar-refractivity contribution in [2.45, 2.75) is 12.8 Å². The number of nitrogens with one attached hydrogen (secondary N) is 1. The van der Waals surface area contributed by atoms with Crippen LogP contribution in [0.1, 0.15) is 12.3 Å². The number of aromatic nitrogens is 2. The zero-order valence-electron chi connectivity index (χ0n) is 8.56. The Morgan fingerprint density at radius 2 is 2.47 bits per heavy atom. The molecule has 4 nitrogen and oxygen atoms in total. The molecule has 0 amide bonds. The van der Waals surface area contributed by atoms with Gasteiger partial charge in [-0.05, 0) is 31.5 Å². The topological polar surface area (TPSA) is 51.0 Å². The molecule has 0 atom stereocenters. The number of thiophene rings is 1. The molecule has 0 aliphatic carbocycles. The van der Waals surface area contributed by atoms with Crippen LogP contribution in [0.4, 0.5) is 0 Å². The van der Waals surface area contributed by atoms with Crippen molar-refractivity contribution in [3.63, 3.8) is 0 Å². The van der Waals surface area contributed by atoms with Crippen molar-refractivity contribution < 1.29 is 4.52 Å². The fraction of sp³-hybridized carbons (Fsp3) is 0.400. The van der Waals surface area contributed by atoms with Crippen LogP contribution in [0.3, 0.4) is 0 Å². The Morgan fingerprint density at radius 1 is 1.53 bits per heavy atom. The normalized spacial score (nSPS) is 10.7. The van der Waals surface area contributed by atoms with E-state index in [0.717, 1.165) is 24.9 Å². The van der Waals surface area contributed by atoms with Gasteiger partial charge >= 0.3 is 0 Å². The molecule has 0 unspecified atom stereocenters. The Labute approximate surface area is 92.3 Å². The maximum absolute atomic E-state index is 5.15. The minimum Gasteiger partial charge on any atom is -0.339 e. The Balaban J connectivity index is 1.98. The third-order valence-corrected chi connectivity index (χ3v) is 2.75. The van der Waals surface area contributed by atoms with Gasteiger partial charge in [0.05, 0.1) is 0 Å². The van der Waals surface area contributed by atoms with Crippen LogP contribution in [0, 0.1) is 0 Å². The minimum atomic E-state index is 0.690. The van der Waals surface area contributed by atoms with Crippen LogP contribution in [0.5, 0.6) is 0 Å². The number of nitrogens with zero attached hydrogens (tertiary/aromatic N) is 2. The molecule has 2 aromatic heterocycles. The van der Waals surface area contributed by atoms with Gasteiger partial charge in [0.15, 0.2) is 0 Å². The van der Waals surface area contributed by atoms with Gasteiger partial charge in [0.1, 0.15) is 0 Å². The molecule has 15 heavy (non-hydrogen) atoms. The molecule has 0 aliphatic rings. The first kappa shape index (κ1) is 10.3. The van der Waals surface area contributed by atoms with Crippen molar-refractivity contribution in [1.29, 1.82) is 0 Å². The van der Waals surface area contributed by atoms with Gasteiger partial charge in [-0.2, -0.15) is 16.3 Å². The summed E-state index contributed by atoms with van der Waals surface area (Å²) in [6, 6.07) is 1.99. The summed E-state index contributed by atoms with van der Waals surface area (Å²) < 4.78 is 5.15. The molecule has 1 N–H and O–H groups in total. The monoisotopic (exact) mass is 223 g/mol. The van der Waals surface area contributed by atoms with Crippen molar-refractivity contribution >= 4 is 11.3 Å². The smallest absolute Gasteiger partial charge is 0.227 e. The lowest BCUT2D eigenvalue weighted by molar-refractivity contribution is 0.375. The highest BCUT2D eigenvalue weighted by Gasteiger charge is 2.07. The predicted molar refractivity (Wildman–Crippen MR) is 59.9 cm³/mol. The molecule has 0 radical (unpaired) electrons. The fourth-order valence-electron chi connectivity index (χ4n) is 1.28. The maximum Gasteiger partial charge on any atom is 0.227 e. The third-order valence-electron chi connectivity index (χ3n) is 2.06. The molecule has 5 heteroatoms. The van der Waals surface area contributed by atoms with E-state index in [-0.39, 0.29) is 0 Å². The van der Waals surface area contributed by atoms with Gasteiger partial charge in [-0.15, -0.1) is 0 Å². The van der Waals surface area contributed by atoms with Crippen molar-refractivity contribution in [2.75, 3.05) is 13.6 Å². The molecule has 0 aromatic carbocycles. The maximum atomic E-state index is 5.15. The zero-order chi connectivity index (χ0) is 10.5. The third kappa shape index (κ3) is 2.64. The number of aryl methyl sites for hydroxylation is 1.